The first-order chi connectivity index (χ1) is 9.51. The summed E-state index contributed by atoms with van der Waals surface area (Å²) in [5.41, 5.74) is 0. The number of likely N-dealkylation sites (tertiary alicyclic amines) is 1. The number of hydrogen-bond donors (Lipinski definition) is 1. The maximum Gasteiger partial charge on any atom is 0.260 e. The molecule has 1 aliphatic heterocycles. The molecule has 4 nitrogen and oxygen atoms in total. The fourth-order valence-electron chi connectivity index (χ4n) is 2.13. The van der Waals surface area contributed by atoms with Crippen molar-refractivity contribution in [3.05, 3.63) is 28.2 Å². The lowest BCUT2D eigenvalue weighted by molar-refractivity contribution is -0.135. The Bertz CT molecular complexity index is 501. The normalized spacial score (nSPS) is 22.1. The summed E-state index contributed by atoms with van der Waals surface area (Å²) in [5.74, 6) is 0.0413. The minimum Gasteiger partial charge on any atom is -0.484 e. The second-order valence-corrected chi connectivity index (χ2v) is 5.39. The van der Waals surface area contributed by atoms with Crippen molar-refractivity contribution >= 4 is 29.1 Å². The van der Waals surface area contributed by atoms with E-state index in [4.69, 9.17) is 33.0 Å². The van der Waals surface area contributed by atoms with E-state index < -0.39 is 12.2 Å². The van der Waals surface area contributed by atoms with Gasteiger partial charge in [-0.2, -0.15) is 0 Å². The van der Waals surface area contributed by atoms with Crippen LogP contribution in [0.5, 0.6) is 5.75 Å². The Morgan fingerprint density at radius 2 is 2.20 bits per heavy atom. The molecule has 1 aromatic carbocycles. The predicted molar refractivity (Wildman–Crippen MR) is 74.1 cm³/mol. The number of halogens is 3. The summed E-state index contributed by atoms with van der Waals surface area (Å²) >= 11 is 11.6. The van der Waals surface area contributed by atoms with Crippen LogP contribution in [0.2, 0.25) is 10.0 Å². The van der Waals surface area contributed by atoms with Gasteiger partial charge in [-0.25, -0.2) is 4.39 Å². The SMILES string of the molecule is O=C(COc1ccc(Cl)c(Cl)c1)N1C[C@@H](F)C[C@H]1CO. The van der Waals surface area contributed by atoms with Crippen LogP contribution >= 0.6 is 23.2 Å². The molecule has 7 heteroatoms. The van der Waals surface area contributed by atoms with E-state index in [0.29, 0.717) is 15.8 Å². The van der Waals surface area contributed by atoms with Crippen LogP contribution in [0.1, 0.15) is 6.42 Å². The molecule has 1 aliphatic rings. The first-order valence-corrected chi connectivity index (χ1v) is 6.89. The molecule has 0 aliphatic carbocycles. The quantitative estimate of drug-likeness (QED) is 0.925. The lowest BCUT2D eigenvalue weighted by Crippen LogP contribution is -2.40. The molecule has 1 aromatic rings. The molecule has 1 fully saturated rings. The Morgan fingerprint density at radius 1 is 1.45 bits per heavy atom. The maximum atomic E-state index is 13.3. The van der Waals surface area contributed by atoms with Crippen LogP contribution in [-0.4, -0.2) is 47.9 Å². The number of alkyl halides is 1. The van der Waals surface area contributed by atoms with Crippen molar-refractivity contribution in [2.24, 2.45) is 0 Å². The molecule has 20 heavy (non-hydrogen) atoms. The zero-order chi connectivity index (χ0) is 14.7. The average molecular weight is 322 g/mol. The number of carbonyl (C=O) groups is 1. The minimum absolute atomic E-state index is 0.00516. The monoisotopic (exact) mass is 321 g/mol. The van der Waals surface area contributed by atoms with Gasteiger partial charge in [-0.3, -0.25) is 4.79 Å². The fraction of sp³-hybridized carbons (Fsp3) is 0.462. The van der Waals surface area contributed by atoms with Crippen LogP contribution in [0.4, 0.5) is 4.39 Å². The third kappa shape index (κ3) is 3.53. The van der Waals surface area contributed by atoms with E-state index in [1.165, 1.54) is 11.0 Å². The zero-order valence-electron chi connectivity index (χ0n) is 10.6. The van der Waals surface area contributed by atoms with Gasteiger partial charge < -0.3 is 14.7 Å². The van der Waals surface area contributed by atoms with Gasteiger partial charge >= 0.3 is 0 Å². The molecule has 0 saturated carbocycles. The van der Waals surface area contributed by atoms with Gasteiger partial charge in [-0.05, 0) is 12.1 Å². The number of aliphatic hydroxyl groups is 1. The Morgan fingerprint density at radius 3 is 2.85 bits per heavy atom. The van der Waals surface area contributed by atoms with Crippen LogP contribution in [0.25, 0.3) is 0 Å². The Kier molecular flexibility index (Phi) is 5.07. The van der Waals surface area contributed by atoms with Crippen molar-refractivity contribution < 1.29 is 19.0 Å². The first kappa shape index (κ1) is 15.4. The number of rotatable bonds is 4. The van der Waals surface area contributed by atoms with Crippen LogP contribution in [-0.2, 0) is 4.79 Å². The summed E-state index contributed by atoms with van der Waals surface area (Å²) in [6, 6.07) is 4.18. The fourth-order valence-corrected chi connectivity index (χ4v) is 2.42. The number of carbonyl (C=O) groups excluding carboxylic acids is 1. The molecule has 2 rings (SSSR count). The molecule has 0 bridgehead atoms. The highest BCUT2D eigenvalue weighted by atomic mass is 35.5. The molecule has 2 atom stereocenters. The molecule has 0 radical (unpaired) electrons. The molecule has 1 amide bonds. The van der Waals surface area contributed by atoms with Gasteiger partial charge in [0.2, 0.25) is 0 Å². The molecule has 0 aromatic heterocycles. The number of hydrogen-bond acceptors (Lipinski definition) is 3. The molecular formula is C13H14Cl2FNO3. The van der Waals surface area contributed by atoms with Crippen LogP contribution in [0.15, 0.2) is 18.2 Å². The van der Waals surface area contributed by atoms with Gasteiger partial charge in [0.25, 0.3) is 5.91 Å². The number of ether oxygens (including phenoxy) is 1. The summed E-state index contributed by atoms with van der Waals surface area (Å²) < 4.78 is 18.6. The topological polar surface area (TPSA) is 49.8 Å². The van der Waals surface area contributed by atoms with Crippen LogP contribution in [0, 0.1) is 0 Å². The van der Waals surface area contributed by atoms with E-state index in [1.54, 1.807) is 12.1 Å². The van der Waals surface area contributed by atoms with Gasteiger partial charge in [0, 0.05) is 12.5 Å². The Hall–Kier alpha value is -1.04. The lowest BCUT2D eigenvalue weighted by atomic mass is 10.2. The van der Waals surface area contributed by atoms with Crippen molar-refractivity contribution in [2.75, 3.05) is 19.8 Å². The standard InChI is InChI=1S/C13H14Cl2FNO3/c14-11-2-1-10(4-12(11)15)20-7-13(19)17-5-8(16)3-9(17)6-18/h1-2,4,8-9,18H,3,5-7H2/t8-,9-/m0/s1. The molecular weight excluding hydrogens is 308 g/mol. The van der Waals surface area contributed by atoms with E-state index >= 15 is 0 Å². The maximum absolute atomic E-state index is 13.3. The molecule has 0 spiro atoms. The largest absolute Gasteiger partial charge is 0.484 e. The summed E-state index contributed by atoms with van der Waals surface area (Å²) in [4.78, 5) is 13.3. The smallest absolute Gasteiger partial charge is 0.260 e. The van der Waals surface area contributed by atoms with Crippen molar-refractivity contribution in [3.8, 4) is 5.75 Å². The third-order valence-corrected chi connectivity index (χ3v) is 3.89. The molecule has 1 heterocycles. The summed E-state index contributed by atoms with van der Waals surface area (Å²) in [7, 11) is 0. The number of benzene rings is 1. The molecule has 1 N–H and O–H groups in total. The minimum atomic E-state index is -1.10. The summed E-state index contributed by atoms with van der Waals surface area (Å²) in [6.45, 7) is -0.491. The van der Waals surface area contributed by atoms with Gasteiger partial charge in [-0.15, -0.1) is 0 Å². The van der Waals surface area contributed by atoms with Gasteiger partial charge in [0.15, 0.2) is 6.61 Å². The summed E-state index contributed by atoms with van der Waals surface area (Å²) in [5, 5.41) is 9.84. The first-order valence-electron chi connectivity index (χ1n) is 6.13. The number of amides is 1. The second kappa shape index (κ2) is 6.61. The van der Waals surface area contributed by atoms with Crippen molar-refractivity contribution in [1.82, 2.24) is 4.90 Å². The Labute approximate surface area is 126 Å². The van der Waals surface area contributed by atoms with Crippen LogP contribution < -0.4 is 4.74 Å². The number of nitrogens with zero attached hydrogens (tertiary/aromatic N) is 1. The zero-order valence-corrected chi connectivity index (χ0v) is 12.1. The van der Waals surface area contributed by atoms with Gasteiger partial charge in [-0.1, -0.05) is 23.2 Å². The van der Waals surface area contributed by atoms with Crippen molar-refractivity contribution in [2.45, 2.75) is 18.6 Å². The molecule has 110 valence electrons. The molecule has 0 unspecified atom stereocenters. The average Bonchev–Trinajstić information content (AvgIpc) is 2.81. The highest BCUT2D eigenvalue weighted by molar-refractivity contribution is 6.42. The highest BCUT2D eigenvalue weighted by Gasteiger charge is 2.34. The van der Waals surface area contributed by atoms with E-state index in [0.717, 1.165) is 0 Å². The van der Waals surface area contributed by atoms with E-state index in [2.05, 4.69) is 0 Å². The van der Waals surface area contributed by atoms with Crippen molar-refractivity contribution in [3.63, 3.8) is 0 Å². The van der Waals surface area contributed by atoms with Gasteiger partial charge in [0.05, 0.1) is 29.2 Å². The van der Waals surface area contributed by atoms with E-state index in [9.17, 15) is 9.18 Å². The number of aliphatic hydroxyl groups excluding tert-OH is 1. The lowest BCUT2D eigenvalue weighted by Gasteiger charge is -2.22. The summed E-state index contributed by atoms with van der Waals surface area (Å²) in [6.07, 6.45) is -0.935. The van der Waals surface area contributed by atoms with E-state index in [-0.39, 0.29) is 32.1 Å². The van der Waals surface area contributed by atoms with Gasteiger partial charge in [0.1, 0.15) is 11.9 Å². The second-order valence-electron chi connectivity index (χ2n) is 4.58. The Balaban J connectivity index is 1.93. The highest BCUT2D eigenvalue weighted by Crippen LogP contribution is 2.26. The van der Waals surface area contributed by atoms with Crippen molar-refractivity contribution in [1.29, 1.82) is 0 Å². The predicted octanol–water partition coefficient (Wildman–Crippen LogP) is 2.30. The third-order valence-electron chi connectivity index (χ3n) is 3.15. The molecule has 1 saturated heterocycles. The van der Waals surface area contributed by atoms with E-state index in [1.807, 2.05) is 0 Å². The van der Waals surface area contributed by atoms with Crippen LogP contribution in [0.3, 0.4) is 0 Å².